The van der Waals surface area contributed by atoms with E-state index in [0.717, 1.165) is 64.2 Å². The third-order valence-electron chi connectivity index (χ3n) is 15.2. The summed E-state index contributed by atoms with van der Waals surface area (Å²) in [5.74, 6) is -0.839. The smallest absolute Gasteiger partial charge is 0.306 e. The van der Waals surface area contributed by atoms with Gasteiger partial charge in [0.2, 0.25) is 0 Å². The van der Waals surface area contributed by atoms with Gasteiger partial charge in [0.1, 0.15) is 13.2 Å². The van der Waals surface area contributed by atoms with Crippen LogP contribution < -0.4 is 0 Å². The Morgan fingerprint density at radius 2 is 0.486 bits per heavy atom. The van der Waals surface area contributed by atoms with Crippen molar-refractivity contribution in [2.75, 3.05) is 13.2 Å². The maximum atomic E-state index is 12.9. The van der Waals surface area contributed by atoms with Crippen molar-refractivity contribution < 1.29 is 28.6 Å². The molecule has 0 aromatic heterocycles. The van der Waals surface area contributed by atoms with Crippen LogP contribution in [0.4, 0.5) is 0 Å². The monoisotopic (exact) mass is 1040 g/mol. The topological polar surface area (TPSA) is 78.9 Å². The number of esters is 3. The Hall–Kier alpha value is -2.11. The molecule has 0 rings (SSSR count). The predicted octanol–water partition coefficient (Wildman–Crippen LogP) is 22.6. The zero-order valence-corrected chi connectivity index (χ0v) is 50.1. The van der Waals surface area contributed by atoms with Gasteiger partial charge in [-0.1, -0.05) is 328 Å². The summed E-state index contributed by atoms with van der Waals surface area (Å²) in [5.41, 5.74) is 0. The van der Waals surface area contributed by atoms with E-state index in [9.17, 15) is 14.4 Å². The second kappa shape index (κ2) is 63.4. The molecule has 0 amide bonds. The van der Waals surface area contributed by atoms with E-state index in [-0.39, 0.29) is 31.1 Å². The number of unbranched alkanes of at least 4 members (excludes halogenated alkanes) is 47. The van der Waals surface area contributed by atoms with E-state index in [4.69, 9.17) is 14.2 Å². The van der Waals surface area contributed by atoms with Crippen LogP contribution in [0.5, 0.6) is 0 Å². The van der Waals surface area contributed by atoms with Crippen molar-refractivity contribution in [1.29, 1.82) is 0 Å². The number of allylic oxidation sites excluding steroid dienone is 4. The molecule has 0 aliphatic heterocycles. The van der Waals surface area contributed by atoms with E-state index in [1.54, 1.807) is 0 Å². The van der Waals surface area contributed by atoms with Gasteiger partial charge in [-0.3, -0.25) is 14.4 Å². The van der Waals surface area contributed by atoms with Crippen molar-refractivity contribution in [3.8, 4) is 0 Å². The maximum Gasteiger partial charge on any atom is 0.306 e. The minimum atomic E-state index is -0.764. The lowest BCUT2D eigenvalue weighted by Gasteiger charge is -2.18. The normalized spacial score (nSPS) is 12.1. The highest BCUT2D eigenvalue weighted by molar-refractivity contribution is 5.71. The van der Waals surface area contributed by atoms with Crippen molar-refractivity contribution in [3.63, 3.8) is 0 Å². The van der Waals surface area contributed by atoms with Crippen LogP contribution >= 0.6 is 0 Å². The zero-order chi connectivity index (χ0) is 53.6. The maximum absolute atomic E-state index is 12.9. The van der Waals surface area contributed by atoms with Crippen molar-refractivity contribution in [2.45, 2.75) is 380 Å². The van der Waals surface area contributed by atoms with Crippen LogP contribution in [0.25, 0.3) is 0 Å². The van der Waals surface area contributed by atoms with Gasteiger partial charge in [0.05, 0.1) is 0 Å². The molecule has 0 fully saturated rings. The van der Waals surface area contributed by atoms with Gasteiger partial charge in [0.15, 0.2) is 6.10 Å². The molecule has 0 spiro atoms. The van der Waals surface area contributed by atoms with Crippen LogP contribution in [0.3, 0.4) is 0 Å². The van der Waals surface area contributed by atoms with Gasteiger partial charge < -0.3 is 14.2 Å². The minimum Gasteiger partial charge on any atom is -0.462 e. The SMILES string of the molecule is CCCCCCC/C=C\C/C=C\CCCCCCCCCCCCCCCCCCCCCC(=O)OCC(COC(=O)CCCCCCCCCCC)OC(=O)CCCCCCCCCCCCCCCCCC. The van der Waals surface area contributed by atoms with Gasteiger partial charge in [-0.2, -0.15) is 0 Å². The summed E-state index contributed by atoms with van der Waals surface area (Å²) < 4.78 is 16.9. The van der Waals surface area contributed by atoms with Crippen LogP contribution in [-0.4, -0.2) is 37.2 Å². The van der Waals surface area contributed by atoms with Gasteiger partial charge >= 0.3 is 17.9 Å². The largest absolute Gasteiger partial charge is 0.462 e. The molecule has 436 valence electrons. The molecule has 0 N–H and O–H groups in total. The molecule has 0 aliphatic carbocycles. The zero-order valence-electron chi connectivity index (χ0n) is 50.1. The predicted molar refractivity (Wildman–Crippen MR) is 321 cm³/mol. The van der Waals surface area contributed by atoms with Crippen molar-refractivity contribution in [1.82, 2.24) is 0 Å². The summed E-state index contributed by atoms with van der Waals surface area (Å²) in [7, 11) is 0. The highest BCUT2D eigenvalue weighted by atomic mass is 16.6. The molecule has 1 atom stereocenters. The van der Waals surface area contributed by atoms with Crippen LogP contribution in [0.1, 0.15) is 374 Å². The first-order chi connectivity index (χ1) is 36.5. The van der Waals surface area contributed by atoms with E-state index in [0.29, 0.717) is 19.3 Å². The Labute approximate surface area is 462 Å². The fourth-order valence-corrected chi connectivity index (χ4v) is 10.2. The molecular formula is C68H128O6. The fourth-order valence-electron chi connectivity index (χ4n) is 10.2. The number of hydrogen-bond acceptors (Lipinski definition) is 6. The first-order valence-corrected chi connectivity index (χ1v) is 33.3. The van der Waals surface area contributed by atoms with E-state index < -0.39 is 6.10 Å². The number of hydrogen-bond donors (Lipinski definition) is 0. The van der Waals surface area contributed by atoms with E-state index in [1.807, 2.05) is 0 Å². The third kappa shape index (κ3) is 60.8. The molecule has 0 aromatic rings. The van der Waals surface area contributed by atoms with E-state index in [1.165, 1.54) is 270 Å². The standard InChI is InChI=1S/C68H128O6/c1-4-7-10-13-16-19-21-23-25-27-28-29-30-31-32-33-34-35-36-37-38-39-40-41-43-44-46-49-52-55-58-61-67(70)73-64-65(63-72-66(69)60-57-54-51-48-18-15-12-9-6-3)74-68(71)62-59-56-53-50-47-45-42-26-24-22-20-17-14-11-8-5-2/h21,23,27-28,65H,4-20,22,24-26,29-64H2,1-3H3/b23-21-,28-27-. The molecular weight excluding hydrogens is 913 g/mol. The molecule has 74 heavy (non-hydrogen) atoms. The van der Waals surface area contributed by atoms with Gasteiger partial charge in [0, 0.05) is 19.3 Å². The van der Waals surface area contributed by atoms with E-state index >= 15 is 0 Å². The summed E-state index contributed by atoms with van der Waals surface area (Å²) in [6.07, 6.45) is 76.4. The van der Waals surface area contributed by atoms with Crippen LogP contribution in [0.15, 0.2) is 24.3 Å². The lowest BCUT2D eigenvalue weighted by molar-refractivity contribution is -0.167. The summed E-state index contributed by atoms with van der Waals surface area (Å²) >= 11 is 0. The Balaban J connectivity index is 4.03. The fraction of sp³-hybridized carbons (Fsp3) is 0.897. The third-order valence-corrected chi connectivity index (χ3v) is 15.2. The summed E-state index contributed by atoms with van der Waals surface area (Å²) in [6.45, 7) is 6.67. The van der Waals surface area contributed by atoms with E-state index in [2.05, 4.69) is 45.1 Å². The summed E-state index contributed by atoms with van der Waals surface area (Å²) in [6, 6.07) is 0. The number of carbonyl (C=O) groups excluding carboxylic acids is 3. The van der Waals surface area contributed by atoms with Crippen molar-refractivity contribution in [3.05, 3.63) is 24.3 Å². The molecule has 0 bridgehead atoms. The molecule has 0 aliphatic rings. The lowest BCUT2D eigenvalue weighted by Crippen LogP contribution is -2.30. The first kappa shape index (κ1) is 71.9. The summed E-state index contributed by atoms with van der Waals surface area (Å²) in [5, 5.41) is 0. The van der Waals surface area contributed by atoms with Gasteiger partial charge in [-0.15, -0.1) is 0 Å². The molecule has 1 unspecified atom stereocenters. The average molecular weight is 1040 g/mol. The Morgan fingerprint density at radius 1 is 0.270 bits per heavy atom. The van der Waals surface area contributed by atoms with Gasteiger partial charge in [-0.05, 0) is 51.4 Å². The molecule has 6 nitrogen and oxygen atoms in total. The summed E-state index contributed by atoms with van der Waals surface area (Å²) in [4.78, 5) is 38.2. The molecule has 0 heterocycles. The minimum absolute atomic E-state index is 0.0638. The number of rotatable bonds is 62. The molecule has 0 aromatic carbocycles. The molecule has 0 saturated carbocycles. The highest BCUT2D eigenvalue weighted by Crippen LogP contribution is 2.18. The Kier molecular flexibility index (Phi) is 61.6. The molecule has 6 heteroatoms. The van der Waals surface area contributed by atoms with Crippen LogP contribution in [0, 0.1) is 0 Å². The number of ether oxygens (including phenoxy) is 3. The van der Waals surface area contributed by atoms with Gasteiger partial charge in [-0.25, -0.2) is 0 Å². The Morgan fingerprint density at radius 3 is 0.743 bits per heavy atom. The second-order valence-corrected chi connectivity index (χ2v) is 22.7. The van der Waals surface area contributed by atoms with Crippen LogP contribution in [0.2, 0.25) is 0 Å². The lowest BCUT2D eigenvalue weighted by atomic mass is 10.0. The highest BCUT2D eigenvalue weighted by Gasteiger charge is 2.19. The Bertz CT molecular complexity index is 1190. The van der Waals surface area contributed by atoms with Crippen LogP contribution in [-0.2, 0) is 28.6 Å². The number of carbonyl (C=O) groups is 3. The first-order valence-electron chi connectivity index (χ1n) is 33.3. The van der Waals surface area contributed by atoms with Gasteiger partial charge in [0.25, 0.3) is 0 Å². The molecule has 0 radical (unpaired) electrons. The average Bonchev–Trinajstić information content (AvgIpc) is 3.40. The quantitative estimate of drug-likeness (QED) is 0.0261. The second-order valence-electron chi connectivity index (χ2n) is 22.7. The van der Waals surface area contributed by atoms with Crippen molar-refractivity contribution in [2.24, 2.45) is 0 Å². The molecule has 0 saturated heterocycles. The van der Waals surface area contributed by atoms with Crippen molar-refractivity contribution >= 4 is 17.9 Å².